The normalized spacial score (nSPS) is 15.3. The summed E-state index contributed by atoms with van der Waals surface area (Å²) in [4.78, 5) is 58.9. The van der Waals surface area contributed by atoms with E-state index in [1.807, 2.05) is 0 Å². The molecular formula is C18H32N4O6. The Bertz CT molecular complexity index is 576. The van der Waals surface area contributed by atoms with E-state index >= 15 is 0 Å². The average Bonchev–Trinajstić information content (AvgIpc) is 2.59. The first-order valence-corrected chi connectivity index (χ1v) is 9.24. The lowest BCUT2D eigenvalue weighted by Crippen LogP contribution is -2.58. The molecule has 0 aromatic rings. The third-order valence-electron chi connectivity index (χ3n) is 4.11. The van der Waals surface area contributed by atoms with E-state index in [0.717, 1.165) is 0 Å². The molecule has 0 aliphatic heterocycles. The van der Waals surface area contributed by atoms with Crippen molar-refractivity contribution in [3.63, 3.8) is 0 Å². The summed E-state index contributed by atoms with van der Waals surface area (Å²) in [6, 6.07) is -3.71. The van der Waals surface area contributed by atoms with Crippen molar-refractivity contribution in [3.8, 4) is 0 Å². The molecule has 0 saturated carbocycles. The number of rotatable bonds is 12. The summed E-state index contributed by atoms with van der Waals surface area (Å²) in [6.07, 6.45) is 0.117. The molecule has 0 aromatic carbocycles. The first kappa shape index (κ1) is 25.5. The van der Waals surface area contributed by atoms with Gasteiger partial charge in [0.05, 0.1) is 12.1 Å². The van der Waals surface area contributed by atoms with E-state index in [9.17, 15) is 24.0 Å². The number of carboxylic acids is 1. The summed E-state index contributed by atoms with van der Waals surface area (Å²) in [5.41, 5.74) is 5.48. The second-order valence-electron chi connectivity index (χ2n) is 7.43. The van der Waals surface area contributed by atoms with E-state index in [1.165, 1.54) is 6.92 Å². The van der Waals surface area contributed by atoms with Crippen LogP contribution in [-0.4, -0.2) is 59.3 Å². The van der Waals surface area contributed by atoms with Gasteiger partial charge in [-0.1, -0.05) is 27.7 Å². The maximum absolute atomic E-state index is 12.6. The molecule has 0 saturated heterocycles. The van der Waals surface area contributed by atoms with Gasteiger partial charge in [-0.05, 0) is 25.2 Å². The van der Waals surface area contributed by atoms with Gasteiger partial charge in [0.15, 0.2) is 0 Å². The molecule has 10 heteroatoms. The summed E-state index contributed by atoms with van der Waals surface area (Å²) >= 11 is 0. The third kappa shape index (κ3) is 8.94. The molecule has 0 bridgehead atoms. The molecule has 4 atom stereocenters. The summed E-state index contributed by atoms with van der Waals surface area (Å²) in [5.74, 6) is -3.42. The Hall–Kier alpha value is -2.49. The van der Waals surface area contributed by atoms with Crippen LogP contribution in [0.5, 0.6) is 0 Å². The highest BCUT2D eigenvalue weighted by Gasteiger charge is 2.30. The van der Waals surface area contributed by atoms with Gasteiger partial charge in [0.2, 0.25) is 17.7 Å². The van der Waals surface area contributed by atoms with E-state index in [-0.39, 0.29) is 24.7 Å². The van der Waals surface area contributed by atoms with Gasteiger partial charge >= 0.3 is 5.97 Å². The lowest BCUT2D eigenvalue weighted by Gasteiger charge is -2.27. The minimum Gasteiger partial charge on any atom is -0.481 e. The quantitative estimate of drug-likeness (QED) is 0.266. The van der Waals surface area contributed by atoms with Crippen molar-refractivity contribution in [1.82, 2.24) is 16.0 Å². The minimum absolute atomic E-state index is 0.126. The number of aldehydes is 1. The molecule has 0 radical (unpaired) electrons. The van der Waals surface area contributed by atoms with Crippen molar-refractivity contribution in [2.45, 2.75) is 71.6 Å². The topological polar surface area (TPSA) is 168 Å². The van der Waals surface area contributed by atoms with Crippen molar-refractivity contribution in [2.75, 3.05) is 0 Å². The highest BCUT2D eigenvalue weighted by Crippen LogP contribution is 2.07. The molecular weight excluding hydrogens is 368 g/mol. The van der Waals surface area contributed by atoms with Gasteiger partial charge in [-0.2, -0.15) is 0 Å². The summed E-state index contributed by atoms with van der Waals surface area (Å²) in [6.45, 7) is 8.39. The van der Waals surface area contributed by atoms with E-state index in [2.05, 4.69) is 16.0 Å². The predicted octanol–water partition coefficient (Wildman–Crippen LogP) is -0.836. The van der Waals surface area contributed by atoms with Gasteiger partial charge in [0.25, 0.3) is 0 Å². The number of carbonyl (C=O) groups is 5. The monoisotopic (exact) mass is 400 g/mol. The number of hydrogen-bond acceptors (Lipinski definition) is 6. The van der Waals surface area contributed by atoms with Crippen LogP contribution in [0, 0.1) is 11.8 Å². The largest absolute Gasteiger partial charge is 0.481 e. The third-order valence-corrected chi connectivity index (χ3v) is 4.11. The number of nitrogens with two attached hydrogens (primary N) is 1. The average molecular weight is 400 g/mol. The molecule has 0 aliphatic carbocycles. The second kappa shape index (κ2) is 12.1. The lowest BCUT2D eigenvalue weighted by atomic mass is 10.00. The Balaban J connectivity index is 5.30. The minimum atomic E-state index is -1.16. The second-order valence-corrected chi connectivity index (χ2v) is 7.43. The molecule has 3 amide bonds. The van der Waals surface area contributed by atoms with Gasteiger partial charge in [-0.25, -0.2) is 0 Å². The van der Waals surface area contributed by atoms with Crippen LogP contribution in [0.4, 0.5) is 0 Å². The molecule has 6 N–H and O–H groups in total. The SMILES string of the molecule is CC(C)[C@H](NC(=O)[C@H](CCC(=O)O)NC(=O)[C@H](C)N)C(=O)N[C@H](C=O)C(C)C. The van der Waals surface area contributed by atoms with Crippen molar-refractivity contribution in [3.05, 3.63) is 0 Å². The van der Waals surface area contributed by atoms with E-state index in [4.69, 9.17) is 10.8 Å². The van der Waals surface area contributed by atoms with Crippen LogP contribution in [-0.2, 0) is 24.0 Å². The fourth-order valence-corrected chi connectivity index (χ4v) is 2.24. The summed E-state index contributed by atoms with van der Waals surface area (Å²) < 4.78 is 0. The van der Waals surface area contributed by atoms with Crippen LogP contribution in [0.3, 0.4) is 0 Å². The van der Waals surface area contributed by atoms with Crippen LogP contribution < -0.4 is 21.7 Å². The van der Waals surface area contributed by atoms with Crippen LogP contribution in [0.1, 0.15) is 47.5 Å². The highest BCUT2D eigenvalue weighted by atomic mass is 16.4. The first-order chi connectivity index (χ1) is 12.9. The molecule has 0 spiro atoms. The van der Waals surface area contributed by atoms with Crippen LogP contribution in [0.2, 0.25) is 0 Å². The molecule has 0 fully saturated rings. The zero-order valence-electron chi connectivity index (χ0n) is 17.0. The van der Waals surface area contributed by atoms with Gasteiger partial charge < -0.3 is 31.6 Å². The Morgan fingerprint density at radius 3 is 1.86 bits per heavy atom. The van der Waals surface area contributed by atoms with Crippen LogP contribution in [0.15, 0.2) is 0 Å². The molecule has 0 aliphatic rings. The Morgan fingerprint density at radius 1 is 0.893 bits per heavy atom. The van der Waals surface area contributed by atoms with Gasteiger partial charge in [-0.3, -0.25) is 19.2 Å². The number of nitrogens with one attached hydrogen (secondary N) is 3. The smallest absolute Gasteiger partial charge is 0.303 e. The van der Waals surface area contributed by atoms with E-state index < -0.39 is 47.9 Å². The van der Waals surface area contributed by atoms with Crippen molar-refractivity contribution < 1.29 is 29.1 Å². The number of amides is 3. The molecule has 160 valence electrons. The number of hydrogen-bond donors (Lipinski definition) is 5. The maximum Gasteiger partial charge on any atom is 0.303 e. The van der Waals surface area contributed by atoms with E-state index in [0.29, 0.717) is 6.29 Å². The van der Waals surface area contributed by atoms with E-state index in [1.54, 1.807) is 27.7 Å². The van der Waals surface area contributed by atoms with Crippen molar-refractivity contribution >= 4 is 30.0 Å². The summed E-state index contributed by atoms with van der Waals surface area (Å²) in [7, 11) is 0. The Kier molecular flexibility index (Phi) is 11.0. The standard InChI is InChI=1S/C18H32N4O6/c1-9(2)13(8-23)21-18(28)15(10(3)4)22-17(27)12(6-7-14(24)25)20-16(26)11(5)19/h8-13,15H,6-7,19H2,1-5H3,(H,20,26)(H,21,28)(H,22,27)(H,24,25)/t11-,12-,13+,15-/m0/s1. The van der Waals surface area contributed by atoms with Crippen LogP contribution >= 0.6 is 0 Å². The fourth-order valence-electron chi connectivity index (χ4n) is 2.24. The molecule has 0 unspecified atom stereocenters. The Morgan fingerprint density at radius 2 is 1.46 bits per heavy atom. The van der Waals surface area contributed by atoms with Gasteiger partial charge in [0, 0.05) is 6.42 Å². The molecule has 0 heterocycles. The highest BCUT2D eigenvalue weighted by molar-refractivity contribution is 5.93. The molecule has 0 rings (SSSR count). The maximum atomic E-state index is 12.6. The molecule has 10 nitrogen and oxygen atoms in total. The zero-order valence-corrected chi connectivity index (χ0v) is 17.0. The zero-order chi connectivity index (χ0) is 22.0. The molecule has 0 aromatic heterocycles. The number of aliphatic carboxylic acids is 1. The number of carbonyl (C=O) groups excluding carboxylic acids is 4. The van der Waals surface area contributed by atoms with Crippen molar-refractivity contribution in [1.29, 1.82) is 0 Å². The first-order valence-electron chi connectivity index (χ1n) is 9.24. The van der Waals surface area contributed by atoms with Gasteiger partial charge in [0.1, 0.15) is 18.4 Å². The molecule has 28 heavy (non-hydrogen) atoms. The van der Waals surface area contributed by atoms with Gasteiger partial charge in [-0.15, -0.1) is 0 Å². The fraction of sp³-hybridized carbons (Fsp3) is 0.722. The summed E-state index contributed by atoms with van der Waals surface area (Å²) in [5, 5.41) is 16.4. The predicted molar refractivity (Wildman–Crippen MR) is 102 cm³/mol. The lowest BCUT2D eigenvalue weighted by molar-refractivity contribution is -0.138. The van der Waals surface area contributed by atoms with Crippen LogP contribution in [0.25, 0.3) is 0 Å². The van der Waals surface area contributed by atoms with Crippen molar-refractivity contribution in [2.24, 2.45) is 17.6 Å². The Labute approximate surface area is 165 Å². The number of carboxylic acid groups (broad SMARTS) is 1.